The van der Waals surface area contributed by atoms with Crippen LogP contribution in [0.4, 0.5) is 0 Å². The van der Waals surface area contributed by atoms with E-state index in [9.17, 15) is 4.57 Å². The topological polar surface area (TPSA) is 38.8 Å². The molecule has 0 radical (unpaired) electrons. The average Bonchev–Trinajstić information content (AvgIpc) is 2.66. The largest absolute Gasteiger partial charge is 0.408 e. The first-order valence-electron chi connectivity index (χ1n) is 5.46. The second-order valence-corrected chi connectivity index (χ2v) is 6.58. The lowest BCUT2D eigenvalue weighted by Crippen LogP contribution is -2.21. The summed E-state index contributed by atoms with van der Waals surface area (Å²) in [5, 5.41) is 0.326. The number of hydrogen-bond acceptors (Lipinski definition) is 3. The van der Waals surface area contributed by atoms with E-state index >= 15 is 0 Å². The van der Waals surface area contributed by atoms with E-state index in [4.69, 9.17) is 20.6 Å². The van der Waals surface area contributed by atoms with Gasteiger partial charge in [0.15, 0.2) is 0 Å². The van der Waals surface area contributed by atoms with Gasteiger partial charge in [-0.25, -0.2) is 9.24 Å². The molecule has 0 saturated carbocycles. The maximum atomic E-state index is 12.5. The van der Waals surface area contributed by atoms with Crippen molar-refractivity contribution in [3.63, 3.8) is 0 Å². The molecule has 0 bridgehead atoms. The Hall–Kier alpha value is 0.140. The van der Waals surface area contributed by atoms with Crippen LogP contribution in [0, 0.1) is 0 Å². The van der Waals surface area contributed by atoms with Crippen molar-refractivity contribution in [1.82, 2.24) is 4.67 Å². The molecule has 0 aliphatic carbocycles. The Morgan fingerprint density at radius 2 is 2.06 bits per heavy atom. The van der Waals surface area contributed by atoms with Crippen LogP contribution in [0.3, 0.4) is 0 Å². The Kier molecular flexibility index (Phi) is 5.48. The molecular formula is C10H19ClNO3P. The molecule has 0 aromatic heterocycles. The van der Waals surface area contributed by atoms with Crippen molar-refractivity contribution in [3.05, 3.63) is 11.6 Å². The number of rotatable bonds is 6. The van der Waals surface area contributed by atoms with Gasteiger partial charge in [0.2, 0.25) is 0 Å². The first-order chi connectivity index (χ1) is 7.44. The van der Waals surface area contributed by atoms with Crippen molar-refractivity contribution in [2.75, 3.05) is 19.7 Å². The molecule has 0 spiro atoms. The second-order valence-electron chi connectivity index (χ2n) is 4.07. The van der Waals surface area contributed by atoms with Crippen LogP contribution >= 0.6 is 19.3 Å². The zero-order valence-electron chi connectivity index (χ0n) is 9.82. The molecule has 1 aliphatic rings. The highest BCUT2D eigenvalue weighted by Gasteiger charge is 2.36. The molecule has 1 unspecified atom stereocenters. The molecule has 6 heteroatoms. The molecule has 0 amide bonds. The van der Waals surface area contributed by atoms with Crippen LogP contribution in [-0.2, 0) is 13.6 Å². The Labute approximate surface area is 102 Å². The van der Waals surface area contributed by atoms with Crippen LogP contribution in [-0.4, -0.2) is 30.5 Å². The van der Waals surface area contributed by atoms with Crippen molar-refractivity contribution in [1.29, 1.82) is 0 Å². The third kappa shape index (κ3) is 4.19. The van der Waals surface area contributed by atoms with Gasteiger partial charge < -0.3 is 0 Å². The minimum Gasteiger partial charge on any atom is -0.294 e. The minimum absolute atomic E-state index is 0.0576. The lowest BCUT2D eigenvalue weighted by Gasteiger charge is -2.27. The molecule has 1 fully saturated rings. The van der Waals surface area contributed by atoms with Gasteiger partial charge in [-0.3, -0.25) is 9.05 Å². The van der Waals surface area contributed by atoms with Gasteiger partial charge >= 0.3 is 7.75 Å². The van der Waals surface area contributed by atoms with Gasteiger partial charge in [0.1, 0.15) is 0 Å². The van der Waals surface area contributed by atoms with E-state index in [1.165, 1.54) is 0 Å². The maximum Gasteiger partial charge on any atom is 0.408 e. The molecule has 0 N–H and O–H groups in total. The molecule has 94 valence electrons. The van der Waals surface area contributed by atoms with Crippen LogP contribution in [0.2, 0.25) is 0 Å². The highest BCUT2D eigenvalue weighted by Crippen LogP contribution is 2.54. The van der Waals surface area contributed by atoms with Gasteiger partial charge in [0, 0.05) is 18.1 Å². The first-order valence-corrected chi connectivity index (χ1v) is 7.33. The van der Waals surface area contributed by atoms with Gasteiger partial charge in [0.25, 0.3) is 0 Å². The van der Waals surface area contributed by atoms with Crippen molar-refractivity contribution >= 4 is 19.3 Å². The van der Waals surface area contributed by atoms with Gasteiger partial charge in [-0.15, -0.1) is 0 Å². The number of halogens is 1. The predicted octanol–water partition coefficient (Wildman–Crippen LogP) is 3.38. The highest BCUT2D eigenvalue weighted by molar-refractivity contribution is 7.51. The minimum atomic E-state index is -3.19. The lowest BCUT2D eigenvalue weighted by atomic mass is 10.4. The van der Waals surface area contributed by atoms with Crippen molar-refractivity contribution < 1.29 is 13.6 Å². The summed E-state index contributed by atoms with van der Waals surface area (Å²) in [6, 6.07) is 0. The molecule has 1 aliphatic heterocycles. The Morgan fingerprint density at radius 3 is 2.50 bits per heavy atom. The van der Waals surface area contributed by atoms with E-state index in [-0.39, 0.29) is 12.7 Å². The molecule has 1 rings (SSSR count). The predicted molar refractivity (Wildman–Crippen MR) is 65.6 cm³/mol. The van der Waals surface area contributed by atoms with E-state index in [2.05, 4.69) is 6.58 Å². The fraction of sp³-hybridized carbons (Fsp3) is 0.800. The van der Waals surface area contributed by atoms with E-state index in [1.807, 2.05) is 13.8 Å². The summed E-state index contributed by atoms with van der Waals surface area (Å²) < 4.78 is 25.0. The monoisotopic (exact) mass is 267 g/mol. The van der Waals surface area contributed by atoms with Crippen LogP contribution in [0.15, 0.2) is 11.6 Å². The van der Waals surface area contributed by atoms with Crippen LogP contribution in [0.5, 0.6) is 0 Å². The van der Waals surface area contributed by atoms with Crippen molar-refractivity contribution in [3.8, 4) is 0 Å². The molecule has 0 aromatic carbocycles. The van der Waals surface area contributed by atoms with E-state index < -0.39 is 7.75 Å². The molecule has 1 saturated heterocycles. The smallest absolute Gasteiger partial charge is 0.294 e. The first kappa shape index (κ1) is 14.2. The maximum absolute atomic E-state index is 12.5. The van der Waals surface area contributed by atoms with Crippen LogP contribution in [0.25, 0.3) is 0 Å². The summed E-state index contributed by atoms with van der Waals surface area (Å²) in [4.78, 5) is 0. The van der Waals surface area contributed by atoms with Gasteiger partial charge in [-0.1, -0.05) is 18.2 Å². The number of nitrogens with zero attached hydrogens (tertiary/aromatic N) is 1. The fourth-order valence-corrected chi connectivity index (χ4v) is 3.65. The third-order valence-electron chi connectivity index (χ3n) is 2.16. The standard InChI is InChI=1S/C10H19ClNO3P/c1-9(2)15-16(13,14-8-10(3)11)12-6-4-5-7-12/h9H,3-8H2,1-2H3. The SMILES string of the molecule is C=C(Cl)COP(=O)(OC(C)C)N1CCCC1. The zero-order valence-corrected chi connectivity index (χ0v) is 11.5. The summed E-state index contributed by atoms with van der Waals surface area (Å²) in [5.74, 6) is 0. The van der Waals surface area contributed by atoms with E-state index in [0.717, 1.165) is 25.9 Å². The Morgan fingerprint density at radius 1 is 1.50 bits per heavy atom. The molecule has 1 atom stereocenters. The van der Waals surface area contributed by atoms with Crippen molar-refractivity contribution in [2.24, 2.45) is 0 Å². The van der Waals surface area contributed by atoms with Crippen LogP contribution < -0.4 is 0 Å². The van der Waals surface area contributed by atoms with Gasteiger partial charge in [-0.2, -0.15) is 0 Å². The number of hydrogen-bond donors (Lipinski definition) is 0. The summed E-state index contributed by atoms with van der Waals surface area (Å²) in [5.41, 5.74) is 0. The summed E-state index contributed by atoms with van der Waals surface area (Å²) in [7, 11) is -3.19. The summed E-state index contributed by atoms with van der Waals surface area (Å²) >= 11 is 5.61. The van der Waals surface area contributed by atoms with Gasteiger partial charge in [0.05, 0.1) is 12.7 Å². The lowest BCUT2D eigenvalue weighted by molar-refractivity contribution is 0.142. The van der Waals surface area contributed by atoms with Crippen LogP contribution in [0.1, 0.15) is 26.7 Å². The molecular weight excluding hydrogens is 249 g/mol. The fourth-order valence-electron chi connectivity index (χ4n) is 1.54. The Bertz CT molecular complexity index is 290. The average molecular weight is 268 g/mol. The quantitative estimate of drug-likeness (QED) is 0.692. The normalized spacial score (nSPS) is 21.2. The molecule has 16 heavy (non-hydrogen) atoms. The van der Waals surface area contributed by atoms with E-state index in [0.29, 0.717) is 5.03 Å². The summed E-state index contributed by atoms with van der Waals surface area (Å²) in [6.45, 7) is 8.73. The third-order valence-corrected chi connectivity index (χ3v) is 4.50. The zero-order chi connectivity index (χ0) is 12.2. The summed E-state index contributed by atoms with van der Waals surface area (Å²) in [6.07, 6.45) is 1.91. The second kappa shape index (κ2) is 6.18. The molecule has 1 heterocycles. The molecule has 0 aromatic rings. The molecule has 4 nitrogen and oxygen atoms in total. The van der Waals surface area contributed by atoms with Crippen molar-refractivity contribution in [2.45, 2.75) is 32.8 Å². The van der Waals surface area contributed by atoms with E-state index in [1.54, 1.807) is 4.67 Å². The Balaban J connectivity index is 2.66. The highest BCUT2D eigenvalue weighted by atomic mass is 35.5. The van der Waals surface area contributed by atoms with Gasteiger partial charge in [-0.05, 0) is 26.7 Å².